The molecule has 0 atom stereocenters. The Bertz CT molecular complexity index is 1180. The molecule has 2 heterocycles. The Kier molecular flexibility index (Phi) is 4.98. The minimum Gasteiger partial charge on any atom is -0.448 e. The summed E-state index contributed by atoms with van der Waals surface area (Å²) in [4.78, 5) is 34.9. The number of carbonyl (C=O) groups excluding carboxylic acids is 2. The summed E-state index contributed by atoms with van der Waals surface area (Å²) in [6.07, 6.45) is -0.716. The van der Waals surface area contributed by atoms with Crippen molar-refractivity contribution in [2.75, 3.05) is 24.3 Å². The van der Waals surface area contributed by atoms with E-state index in [9.17, 15) is 18.4 Å². The van der Waals surface area contributed by atoms with Crippen molar-refractivity contribution in [2.24, 2.45) is 4.99 Å². The fourth-order valence-electron chi connectivity index (χ4n) is 3.08. The second-order valence-electron chi connectivity index (χ2n) is 6.13. The molecule has 0 radical (unpaired) electrons. The number of aromatic amines is 1. The van der Waals surface area contributed by atoms with E-state index in [1.807, 2.05) is 0 Å². The van der Waals surface area contributed by atoms with Crippen molar-refractivity contribution in [1.82, 2.24) is 9.97 Å². The number of Topliss-reactive ketones (excluding diaryl/α,β-unsaturated/α-hetero) is 1. The second-order valence-corrected chi connectivity index (χ2v) is 6.51. The highest BCUT2D eigenvalue weighted by atomic mass is 35.5. The number of anilines is 1. The van der Waals surface area contributed by atoms with Crippen LogP contribution in [-0.4, -0.2) is 46.6 Å². The number of hydrogen-bond acceptors (Lipinski definition) is 5. The minimum absolute atomic E-state index is 0.0534. The maximum absolute atomic E-state index is 14.4. The van der Waals surface area contributed by atoms with Gasteiger partial charge >= 0.3 is 6.09 Å². The summed E-state index contributed by atoms with van der Waals surface area (Å²) in [5, 5.41) is 2.43. The van der Waals surface area contributed by atoms with Crippen LogP contribution in [0.5, 0.6) is 0 Å². The van der Waals surface area contributed by atoms with Crippen molar-refractivity contribution in [2.45, 2.75) is 0 Å². The molecule has 1 aliphatic rings. The maximum Gasteiger partial charge on any atom is 0.414 e. The normalized spacial score (nSPS) is 13.2. The highest BCUT2D eigenvalue weighted by molar-refractivity contribution is 6.22. The van der Waals surface area contributed by atoms with E-state index in [0.29, 0.717) is 16.6 Å². The van der Waals surface area contributed by atoms with Crippen LogP contribution in [0.15, 0.2) is 35.3 Å². The molecule has 0 fully saturated rings. The molecule has 148 valence electrons. The van der Waals surface area contributed by atoms with Gasteiger partial charge in [0.1, 0.15) is 24.8 Å². The molecule has 0 unspecified atom stereocenters. The van der Waals surface area contributed by atoms with Gasteiger partial charge in [0.25, 0.3) is 0 Å². The topological polar surface area (TPSA) is 96.4 Å². The number of carbonyl (C=O) groups is 2. The van der Waals surface area contributed by atoms with Crippen LogP contribution in [0.4, 0.5) is 19.5 Å². The smallest absolute Gasteiger partial charge is 0.414 e. The van der Waals surface area contributed by atoms with Gasteiger partial charge in [0.05, 0.1) is 28.2 Å². The molecule has 1 aliphatic heterocycles. The number of nitrogens with zero attached hydrogens (tertiary/aromatic N) is 2. The lowest BCUT2D eigenvalue weighted by atomic mass is 9.91. The number of ketones is 1. The van der Waals surface area contributed by atoms with Gasteiger partial charge in [-0.25, -0.2) is 18.6 Å². The van der Waals surface area contributed by atoms with Gasteiger partial charge in [-0.15, -0.1) is 11.6 Å². The second kappa shape index (κ2) is 7.59. The molecule has 2 N–H and O–H groups in total. The van der Waals surface area contributed by atoms with Crippen LogP contribution in [0, 0.1) is 11.6 Å². The van der Waals surface area contributed by atoms with E-state index in [4.69, 9.17) is 16.3 Å². The first-order valence-corrected chi connectivity index (χ1v) is 9.07. The molecule has 0 saturated heterocycles. The average Bonchev–Trinajstić information content (AvgIpc) is 3.10. The predicted molar refractivity (Wildman–Crippen MR) is 103 cm³/mol. The van der Waals surface area contributed by atoms with Crippen LogP contribution in [0.25, 0.3) is 11.0 Å². The number of alkyl halides is 1. The number of aromatic nitrogens is 2. The summed E-state index contributed by atoms with van der Waals surface area (Å²) in [5.74, 6) is -1.79. The van der Waals surface area contributed by atoms with E-state index < -0.39 is 23.5 Å². The fourth-order valence-corrected chi connectivity index (χ4v) is 3.16. The third-order valence-corrected chi connectivity index (χ3v) is 4.44. The van der Waals surface area contributed by atoms with E-state index in [1.54, 1.807) is 18.2 Å². The zero-order valence-corrected chi connectivity index (χ0v) is 15.5. The van der Waals surface area contributed by atoms with Crippen LogP contribution in [0.2, 0.25) is 0 Å². The van der Waals surface area contributed by atoms with Gasteiger partial charge < -0.3 is 9.72 Å². The molecular formula is C19H13ClF2N4O3. The number of halogens is 3. The van der Waals surface area contributed by atoms with Crippen molar-refractivity contribution >= 4 is 46.2 Å². The molecule has 0 bridgehead atoms. The molecule has 3 aromatic rings. The molecule has 0 spiro atoms. The van der Waals surface area contributed by atoms with Crippen LogP contribution in [0.3, 0.4) is 0 Å². The number of ether oxygens (including phenoxy) is 1. The van der Waals surface area contributed by atoms with E-state index in [0.717, 1.165) is 12.1 Å². The third kappa shape index (κ3) is 3.56. The number of amides is 1. The lowest BCUT2D eigenvalue weighted by Crippen LogP contribution is -2.23. The molecule has 1 amide bonds. The van der Waals surface area contributed by atoms with Gasteiger partial charge in [-0.1, -0.05) is 6.07 Å². The molecule has 1 aromatic heterocycles. The molecule has 7 nitrogen and oxygen atoms in total. The van der Waals surface area contributed by atoms with Gasteiger partial charge in [0.2, 0.25) is 5.95 Å². The Labute approximate surface area is 167 Å². The monoisotopic (exact) mass is 418 g/mol. The molecule has 10 heteroatoms. The quantitative estimate of drug-likeness (QED) is 0.632. The molecule has 4 rings (SSSR count). The van der Waals surface area contributed by atoms with Crippen molar-refractivity contribution < 1.29 is 23.1 Å². The molecule has 0 aliphatic carbocycles. The minimum atomic E-state index is -0.789. The number of rotatable bonds is 4. The van der Waals surface area contributed by atoms with Gasteiger partial charge in [-0.3, -0.25) is 15.1 Å². The number of nitrogens with one attached hydrogen (secondary N) is 2. The fraction of sp³-hybridized carbons (Fsp3) is 0.158. The number of hydrogen-bond donors (Lipinski definition) is 2. The lowest BCUT2D eigenvalue weighted by molar-refractivity contribution is 0.0995. The zero-order valence-electron chi connectivity index (χ0n) is 14.8. The zero-order chi connectivity index (χ0) is 20.5. The van der Waals surface area contributed by atoms with Crippen molar-refractivity contribution in [3.05, 3.63) is 58.7 Å². The Balaban J connectivity index is 1.70. The van der Waals surface area contributed by atoms with Crippen LogP contribution >= 0.6 is 11.6 Å². The first kappa shape index (κ1) is 19.0. The number of benzene rings is 2. The summed E-state index contributed by atoms with van der Waals surface area (Å²) in [6.45, 7) is -0.221. The summed E-state index contributed by atoms with van der Waals surface area (Å²) in [5.41, 5.74) is 1.22. The average molecular weight is 419 g/mol. The standard InChI is InChI=1S/C19H13ClF2N4O3/c20-5-6-29-19(28)26-18-24-12-4-1-9(7-13(12)25-18)17-16-11(22)3-2-10(21)15(16)14(27)8-23-17/h1-4,7H,5-6,8H2,(H2,24,25,26,28). The Hall–Kier alpha value is -3.33. The summed E-state index contributed by atoms with van der Waals surface area (Å²) < 4.78 is 33.4. The molecule has 2 aromatic carbocycles. The molecule has 29 heavy (non-hydrogen) atoms. The van der Waals surface area contributed by atoms with Gasteiger partial charge in [-0.2, -0.15) is 0 Å². The number of aliphatic imine (C=N–C) groups is 1. The van der Waals surface area contributed by atoms with E-state index >= 15 is 0 Å². The SMILES string of the molecule is O=C(Nc1nc2ccc(C3=NCC(=O)c4c(F)ccc(F)c43)cc2[nH]1)OCCCl. The predicted octanol–water partition coefficient (Wildman–Crippen LogP) is 3.66. The van der Waals surface area contributed by atoms with Crippen molar-refractivity contribution in [3.8, 4) is 0 Å². The number of H-pyrrole nitrogens is 1. The van der Waals surface area contributed by atoms with Crippen LogP contribution in [-0.2, 0) is 4.74 Å². The summed E-state index contributed by atoms with van der Waals surface area (Å²) >= 11 is 5.46. The first-order valence-electron chi connectivity index (χ1n) is 8.54. The van der Waals surface area contributed by atoms with Crippen LogP contribution in [0.1, 0.15) is 21.5 Å². The van der Waals surface area contributed by atoms with Gasteiger partial charge in [0.15, 0.2) is 5.78 Å². The Morgan fingerprint density at radius 3 is 2.72 bits per heavy atom. The van der Waals surface area contributed by atoms with Crippen molar-refractivity contribution in [3.63, 3.8) is 0 Å². The van der Waals surface area contributed by atoms with E-state index in [-0.39, 0.29) is 41.8 Å². The first-order chi connectivity index (χ1) is 14.0. The van der Waals surface area contributed by atoms with Gasteiger partial charge in [0, 0.05) is 11.1 Å². The summed E-state index contributed by atoms with van der Waals surface area (Å²) in [7, 11) is 0. The Morgan fingerprint density at radius 1 is 1.21 bits per heavy atom. The number of fused-ring (bicyclic) bond motifs is 2. The summed E-state index contributed by atoms with van der Waals surface area (Å²) in [6, 6.07) is 6.77. The Morgan fingerprint density at radius 2 is 1.97 bits per heavy atom. The third-order valence-electron chi connectivity index (χ3n) is 4.29. The lowest BCUT2D eigenvalue weighted by Gasteiger charge is -2.17. The molecular weight excluding hydrogens is 406 g/mol. The maximum atomic E-state index is 14.4. The highest BCUT2D eigenvalue weighted by Gasteiger charge is 2.28. The van der Waals surface area contributed by atoms with Gasteiger partial charge in [-0.05, 0) is 24.3 Å². The number of imidazole rings is 1. The van der Waals surface area contributed by atoms with E-state index in [2.05, 4.69) is 20.3 Å². The molecule has 0 saturated carbocycles. The van der Waals surface area contributed by atoms with Crippen LogP contribution < -0.4 is 5.32 Å². The van der Waals surface area contributed by atoms with E-state index in [1.165, 1.54) is 0 Å². The largest absolute Gasteiger partial charge is 0.448 e. The van der Waals surface area contributed by atoms with Crippen molar-refractivity contribution in [1.29, 1.82) is 0 Å². The highest BCUT2D eigenvalue weighted by Crippen LogP contribution is 2.27.